The fourth-order valence-corrected chi connectivity index (χ4v) is 5.86. The van der Waals surface area contributed by atoms with Gasteiger partial charge >= 0.3 is 6.03 Å². The van der Waals surface area contributed by atoms with Crippen molar-refractivity contribution >= 4 is 46.5 Å². The molecule has 0 bridgehead atoms. The SMILES string of the molecule is CCn1nc(-c2cccc(-c3cc(OCCO)cc(C(=O)NCCN4CCCCC4)c3)c2)cc(NC(=O)Nc2c(Cl)cncc2Cl)c1=O. The molecular formula is C34H37Cl2N7O5. The first-order chi connectivity index (χ1) is 23.2. The Kier molecular flexibility index (Phi) is 12.0. The second kappa shape index (κ2) is 16.6. The number of halogens is 2. The van der Waals surface area contributed by atoms with Gasteiger partial charge in [0.15, 0.2) is 0 Å². The van der Waals surface area contributed by atoms with Gasteiger partial charge < -0.3 is 30.7 Å². The Morgan fingerprint density at radius 2 is 1.71 bits per heavy atom. The highest BCUT2D eigenvalue weighted by atomic mass is 35.5. The monoisotopic (exact) mass is 693 g/mol. The Morgan fingerprint density at radius 1 is 0.958 bits per heavy atom. The van der Waals surface area contributed by atoms with Gasteiger partial charge in [-0.25, -0.2) is 9.48 Å². The molecule has 1 aliphatic heterocycles. The van der Waals surface area contributed by atoms with Gasteiger partial charge in [-0.3, -0.25) is 14.6 Å². The van der Waals surface area contributed by atoms with Crippen molar-refractivity contribution in [2.45, 2.75) is 32.7 Å². The van der Waals surface area contributed by atoms with E-state index in [0.717, 1.165) is 25.2 Å². The van der Waals surface area contributed by atoms with Crippen molar-refractivity contribution in [3.05, 3.63) is 86.9 Å². The maximum Gasteiger partial charge on any atom is 0.323 e. The highest BCUT2D eigenvalue weighted by Gasteiger charge is 2.17. The summed E-state index contributed by atoms with van der Waals surface area (Å²) < 4.78 is 6.97. The lowest BCUT2D eigenvalue weighted by atomic mass is 9.99. The van der Waals surface area contributed by atoms with E-state index in [0.29, 0.717) is 34.7 Å². The topological polar surface area (TPSA) is 151 Å². The molecule has 4 aromatic rings. The van der Waals surface area contributed by atoms with Gasteiger partial charge in [0, 0.05) is 43.2 Å². The summed E-state index contributed by atoms with van der Waals surface area (Å²) >= 11 is 12.3. The van der Waals surface area contributed by atoms with Crippen LogP contribution < -0.4 is 26.2 Å². The summed E-state index contributed by atoms with van der Waals surface area (Å²) in [5, 5.41) is 22.3. The van der Waals surface area contributed by atoms with Crippen LogP contribution in [0.5, 0.6) is 5.75 Å². The molecule has 0 unspecified atom stereocenters. The number of urea groups is 1. The average molecular weight is 695 g/mol. The number of carbonyl (C=O) groups is 2. The normalized spacial score (nSPS) is 13.2. The zero-order valence-electron chi connectivity index (χ0n) is 26.5. The van der Waals surface area contributed by atoms with Crippen LogP contribution in [0.1, 0.15) is 36.5 Å². The lowest BCUT2D eigenvalue weighted by Crippen LogP contribution is -2.37. The number of anilines is 2. The molecule has 2 aromatic heterocycles. The Hall–Kier alpha value is -4.49. The molecule has 0 aliphatic carbocycles. The lowest BCUT2D eigenvalue weighted by Gasteiger charge is -2.26. The number of hydrogen-bond acceptors (Lipinski definition) is 8. The first-order valence-corrected chi connectivity index (χ1v) is 16.5. The van der Waals surface area contributed by atoms with Gasteiger partial charge in [0.2, 0.25) is 0 Å². The van der Waals surface area contributed by atoms with Crippen molar-refractivity contribution in [2.75, 3.05) is 50.0 Å². The van der Waals surface area contributed by atoms with Crippen molar-refractivity contribution < 1.29 is 19.4 Å². The number of ether oxygens (including phenoxy) is 1. The van der Waals surface area contributed by atoms with Gasteiger partial charge in [-0.05, 0) is 74.3 Å². The molecule has 0 spiro atoms. The van der Waals surface area contributed by atoms with Crippen molar-refractivity contribution in [3.8, 4) is 28.1 Å². The van der Waals surface area contributed by atoms with Gasteiger partial charge in [0.05, 0.1) is 28.0 Å². The number of nitrogens with one attached hydrogen (secondary N) is 3. The van der Waals surface area contributed by atoms with Crippen LogP contribution in [0.3, 0.4) is 0 Å². The number of aliphatic hydroxyl groups is 1. The van der Waals surface area contributed by atoms with E-state index >= 15 is 0 Å². The third kappa shape index (κ3) is 8.90. The molecule has 3 amide bonds. The standard InChI is InChI=1S/C34H37Cl2N7O5/c1-2-43-33(46)30(39-34(47)40-31-27(35)20-37-21-28(31)36)19-29(41-43)23-8-6-7-22(15-23)24-16-25(18-26(17-24)48-14-13-44)32(45)38-9-12-42-10-4-3-5-11-42/h6-8,15-21,44H,2-5,9-14H2,1H3,(H,38,45)(H2,37,39,40,47). The molecule has 0 atom stereocenters. The molecule has 14 heteroatoms. The fourth-order valence-electron chi connectivity index (χ4n) is 5.40. The number of likely N-dealkylation sites (tertiary alicyclic amines) is 1. The van der Waals surface area contributed by atoms with Crippen molar-refractivity contribution in [1.29, 1.82) is 0 Å². The van der Waals surface area contributed by atoms with Crippen LogP contribution in [0.2, 0.25) is 10.0 Å². The minimum absolute atomic E-state index is 0.00559. The van der Waals surface area contributed by atoms with Crippen LogP contribution in [-0.4, -0.2) is 76.1 Å². The maximum atomic E-state index is 13.2. The number of amides is 3. The van der Waals surface area contributed by atoms with Crippen molar-refractivity contribution in [3.63, 3.8) is 0 Å². The van der Waals surface area contributed by atoms with Crippen molar-refractivity contribution in [1.82, 2.24) is 25.0 Å². The third-order valence-corrected chi connectivity index (χ3v) is 8.37. The van der Waals surface area contributed by atoms with E-state index in [4.69, 9.17) is 27.9 Å². The third-order valence-electron chi connectivity index (χ3n) is 7.80. The first-order valence-electron chi connectivity index (χ1n) is 15.7. The van der Waals surface area contributed by atoms with Crippen LogP contribution in [0.25, 0.3) is 22.4 Å². The molecule has 3 heterocycles. The largest absolute Gasteiger partial charge is 0.491 e. The fraction of sp³-hybridized carbons (Fsp3) is 0.324. The van der Waals surface area contributed by atoms with E-state index in [-0.39, 0.29) is 47.1 Å². The summed E-state index contributed by atoms with van der Waals surface area (Å²) in [6.07, 6.45) is 6.29. The highest BCUT2D eigenvalue weighted by molar-refractivity contribution is 6.39. The Labute approximate surface area is 288 Å². The second-order valence-corrected chi connectivity index (χ2v) is 12.0. The molecule has 0 radical (unpaired) electrons. The molecule has 5 rings (SSSR count). The second-order valence-electron chi connectivity index (χ2n) is 11.2. The van der Waals surface area contributed by atoms with E-state index in [1.54, 1.807) is 25.1 Å². The van der Waals surface area contributed by atoms with Crippen LogP contribution in [0, 0.1) is 0 Å². The van der Waals surface area contributed by atoms with Gasteiger partial charge in [0.1, 0.15) is 18.0 Å². The summed E-state index contributed by atoms with van der Waals surface area (Å²) in [5.41, 5.74) is 2.64. The minimum atomic E-state index is -0.725. The molecule has 0 saturated carbocycles. The van der Waals surface area contributed by atoms with Gasteiger partial charge in [-0.2, -0.15) is 5.10 Å². The number of aromatic nitrogens is 3. The number of pyridine rings is 1. The lowest BCUT2D eigenvalue weighted by molar-refractivity contribution is 0.0946. The summed E-state index contributed by atoms with van der Waals surface area (Å²) in [6.45, 7) is 5.34. The average Bonchev–Trinajstić information content (AvgIpc) is 3.10. The quantitative estimate of drug-likeness (QED) is 0.151. The van der Waals surface area contributed by atoms with Gasteiger partial charge in [-0.15, -0.1) is 0 Å². The summed E-state index contributed by atoms with van der Waals surface area (Å²) in [5.74, 6) is 0.219. The molecule has 1 fully saturated rings. The van der Waals surface area contributed by atoms with Crippen LogP contribution in [0.4, 0.5) is 16.2 Å². The van der Waals surface area contributed by atoms with Crippen LogP contribution in [-0.2, 0) is 6.54 Å². The maximum absolute atomic E-state index is 13.2. The number of hydrogen-bond donors (Lipinski definition) is 4. The summed E-state index contributed by atoms with van der Waals surface area (Å²) in [4.78, 5) is 45.4. The number of aliphatic hydroxyl groups excluding tert-OH is 1. The zero-order valence-corrected chi connectivity index (χ0v) is 28.0. The van der Waals surface area contributed by atoms with E-state index < -0.39 is 11.6 Å². The minimum Gasteiger partial charge on any atom is -0.491 e. The number of benzene rings is 2. The number of piperidine rings is 1. The zero-order chi connectivity index (χ0) is 34.0. The van der Waals surface area contributed by atoms with Crippen molar-refractivity contribution in [2.24, 2.45) is 0 Å². The van der Waals surface area contributed by atoms with E-state index in [2.05, 4.69) is 30.9 Å². The number of carbonyl (C=O) groups excluding carboxylic acids is 2. The molecule has 2 aromatic carbocycles. The van der Waals surface area contributed by atoms with Gasteiger partial charge in [0.25, 0.3) is 11.5 Å². The predicted molar refractivity (Wildman–Crippen MR) is 187 cm³/mol. The molecule has 48 heavy (non-hydrogen) atoms. The Bertz CT molecular complexity index is 1810. The number of nitrogens with zero attached hydrogens (tertiary/aromatic N) is 4. The molecule has 1 saturated heterocycles. The van der Waals surface area contributed by atoms with Crippen LogP contribution >= 0.6 is 23.2 Å². The summed E-state index contributed by atoms with van der Waals surface area (Å²) in [6, 6.07) is 13.4. The van der Waals surface area contributed by atoms with Gasteiger partial charge in [-0.1, -0.05) is 47.8 Å². The smallest absolute Gasteiger partial charge is 0.323 e. The Morgan fingerprint density at radius 3 is 2.44 bits per heavy atom. The number of rotatable bonds is 12. The van der Waals surface area contributed by atoms with E-state index in [1.807, 2.05) is 24.3 Å². The van der Waals surface area contributed by atoms with E-state index in [1.165, 1.54) is 42.4 Å². The van der Waals surface area contributed by atoms with Crippen LogP contribution in [0.15, 0.2) is 65.7 Å². The molecule has 12 nitrogen and oxygen atoms in total. The number of aryl methyl sites for hydroxylation is 1. The Balaban J connectivity index is 1.40. The molecular weight excluding hydrogens is 657 g/mol. The highest BCUT2D eigenvalue weighted by Crippen LogP contribution is 2.31. The summed E-state index contributed by atoms with van der Waals surface area (Å²) in [7, 11) is 0. The predicted octanol–water partition coefficient (Wildman–Crippen LogP) is 5.53. The molecule has 252 valence electrons. The van der Waals surface area contributed by atoms with E-state index in [9.17, 15) is 19.5 Å². The molecule has 4 N–H and O–H groups in total. The first kappa shape index (κ1) is 34.8. The molecule has 1 aliphatic rings.